The zero-order valence-corrected chi connectivity index (χ0v) is 13.8. The molecule has 3 rings (SSSR count). The molecule has 0 aliphatic heterocycles. The third-order valence-electron chi connectivity index (χ3n) is 3.26. The molecule has 2 amide bonds. The maximum Gasteiger partial charge on any atom is 0.254 e. The van der Waals surface area contributed by atoms with Crippen LogP contribution < -0.4 is 10.6 Å². The van der Waals surface area contributed by atoms with Crippen LogP contribution in [0.15, 0.2) is 53.5 Å². The molecule has 0 saturated carbocycles. The number of carbonyl (C=O) groups is 2. The predicted molar refractivity (Wildman–Crippen MR) is 91.0 cm³/mol. The van der Waals surface area contributed by atoms with E-state index in [9.17, 15) is 14.0 Å². The molecule has 2 N–H and O–H groups in total. The van der Waals surface area contributed by atoms with Gasteiger partial charge in [0.25, 0.3) is 5.91 Å². The average Bonchev–Trinajstić information content (AvgIpc) is 3.25. The Morgan fingerprint density at radius 2 is 2.16 bits per heavy atom. The maximum absolute atomic E-state index is 13.2. The lowest BCUT2D eigenvalue weighted by atomic mass is 10.1. The third kappa shape index (κ3) is 4.74. The second-order valence-corrected chi connectivity index (χ2v) is 6.30. The third-order valence-corrected chi connectivity index (χ3v) is 4.17. The van der Waals surface area contributed by atoms with Crippen LogP contribution >= 0.6 is 11.3 Å². The van der Waals surface area contributed by atoms with Crippen LogP contribution in [0.1, 0.15) is 20.8 Å². The largest absolute Gasteiger partial charge is 0.472 e. The van der Waals surface area contributed by atoms with Crippen molar-refractivity contribution in [3.63, 3.8) is 0 Å². The first-order valence-corrected chi connectivity index (χ1v) is 8.21. The lowest BCUT2D eigenvalue weighted by molar-refractivity contribution is -0.115. The van der Waals surface area contributed by atoms with Gasteiger partial charge in [0, 0.05) is 17.5 Å². The van der Waals surface area contributed by atoms with Gasteiger partial charge in [0.05, 0.1) is 18.4 Å². The fourth-order valence-electron chi connectivity index (χ4n) is 2.11. The molecule has 3 aromatic rings. The van der Waals surface area contributed by atoms with E-state index in [4.69, 9.17) is 4.42 Å². The molecule has 128 valence electrons. The first-order valence-electron chi connectivity index (χ1n) is 7.39. The molecule has 0 radical (unpaired) electrons. The van der Waals surface area contributed by atoms with E-state index >= 15 is 0 Å². The first kappa shape index (κ1) is 16.8. The molecule has 0 aliphatic carbocycles. The summed E-state index contributed by atoms with van der Waals surface area (Å²) in [6.07, 6.45) is 4.84. The summed E-state index contributed by atoms with van der Waals surface area (Å²) in [6, 6.07) is 7.83. The zero-order chi connectivity index (χ0) is 17.6. The van der Waals surface area contributed by atoms with Gasteiger partial charge in [-0.2, -0.15) is 0 Å². The molecular weight excluding hydrogens is 345 g/mol. The summed E-state index contributed by atoms with van der Waals surface area (Å²) in [4.78, 5) is 28.6. The highest BCUT2D eigenvalue weighted by atomic mass is 32.1. The number of thiazole rings is 1. The van der Waals surface area contributed by atoms with Gasteiger partial charge in [0.1, 0.15) is 12.1 Å². The first-order chi connectivity index (χ1) is 12.1. The topological polar surface area (TPSA) is 84.2 Å². The van der Waals surface area contributed by atoms with Crippen molar-refractivity contribution in [2.45, 2.75) is 6.42 Å². The number of hydrogen-bond donors (Lipinski definition) is 2. The zero-order valence-electron chi connectivity index (χ0n) is 13.0. The van der Waals surface area contributed by atoms with Crippen molar-refractivity contribution < 1.29 is 18.4 Å². The molecule has 2 heterocycles. The molecule has 0 bridgehead atoms. The number of amides is 2. The monoisotopic (exact) mass is 359 g/mol. The van der Waals surface area contributed by atoms with Crippen molar-refractivity contribution in [3.05, 3.63) is 70.9 Å². The highest BCUT2D eigenvalue weighted by molar-refractivity contribution is 7.15. The minimum absolute atomic E-state index is 0.178. The Morgan fingerprint density at radius 1 is 1.28 bits per heavy atom. The summed E-state index contributed by atoms with van der Waals surface area (Å²) in [5, 5.41) is 5.52. The van der Waals surface area contributed by atoms with Crippen molar-refractivity contribution in [1.82, 2.24) is 10.3 Å². The molecule has 0 unspecified atom stereocenters. The number of aromatic nitrogens is 1. The summed E-state index contributed by atoms with van der Waals surface area (Å²) in [5.74, 6) is -1.07. The fourth-order valence-corrected chi connectivity index (χ4v) is 2.98. The molecule has 0 spiro atoms. The van der Waals surface area contributed by atoms with Gasteiger partial charge in [-0.1, -0.05) is 12.1 Å². The van der Waals surface area contributed by atoms with E-state index in [2.05, 4.69) is 15.6 Å². The van der Waals surface area contributed by atoms with Gasteiger partial charge < -0.3 is 15.1 Å². The molecule has 0 fully saturated rings. The van der Waals surface area contributed by atoms with Gasteiger partial charge in [0.2, 0.25) is 5.91 Å². The molecule has 2 aromatic heterocycles. The van der Waals surface area contributed by atoms with E-state index in [1.54, 1.807) is 12.3 Å². The van der Waals surface area contributed by atoms with E-state index in [1.807, 2.05) is 6.07 Å². The second kappa shape index (κ2) is 7.71. The Bertz CT molecular complexity index is 877. The van der Waals surface area contributed by atoms with Gasteiger partial charge in [0.15, 0.2) is 5.13 Å². The van der Waals surface area contributed by atoms with E-state index in [0.29, 0.717) is 17.1 Å². The number of benzene rings is 1. The molecule has 8 heteroatoms. The Morgan fingerprint density at radius 3 is 2.92 bits per heavy atom. The van der Waals surface area contributed by atoms with Crippen LogP contribution in [0, 0.1) is 5.82 Å². The van der Waals surface area contributed by atoms with Crippen LogP contribution in [0.5, 0.6) is 0 Å². The summed E-state index contributed by atoms with van der Waals surface area (Å²) in [6.45, 7) is -0.178. The van der Waals surface area contributed by atoms with Crippen molar-refractivity contribution in [2.75, 3.05) is 11.9 Å². The van der Waals surface area contributed by atoms with Crippen LogP contribution in [0.3, 0.4) is 0 Å². The number of halogens is 1. The highest BCUT2D eigenvalue weighted by Gasteiger charge is 2.11. The number of nitrogens with zero attached hydrogens (tertiary/aromatic N) is 1. The second-order valence-electron chi connectivity index (χ2n) is 5.18. The van der Waals surface area contributed by atoms with Crippen molar-refractivity contribution in [3.8, 4) is 0 Å². The average molecular weight is 359 g/mol. The minimum atomic E-state index is -0.394. The molecule has 6 nitrogen and oxygen atoms in total. The quantitative estimate of drug-likeness (QED) is 0.709. The van der Waals surface area contributed by atoms with E-state index in [0.717, 1.165) is 10.4 Å². The fraction of sp³-hybridized carbons (Fsp3) is 0.118. The van der Waals surface area contributed by atoms with Gasteiger partial charge in [-0.05, 0) is 23.8 Å². The number of carbonyl (C=O) groups excluding carboxylic acids is 2. The Balaban J connectivity index is 1.50. The van der Waals surface area contributed by atoms with Gasteiger partial charge >= 0.3 is 0 Å². The Hall–Kier alpha value is -3.00. The standard InChI is InChI=1S/C17H14FN3O3S/c18-13-3-1-2-11(6-13)7-14-8-20-17(25-14)21-15(22)9-19-16(23)12-4-5-24-10-12/h1-6,8,10H,7,9H2,(H,19,23)(H,20,21,22). The summed E-state index contributed by atoms with van der Waals surface area (Å²) in [5.41, 5.74) is 1.17. The van der Waals surface area contributed by atoms with Crippen molar-refractivity contribution in [1.29, 1.82) is 0 Å². The molecule has 25 heavy (non-hydrogen) atoms. The number of anilines is 1. The summed E-state index contributed by atoms with van der Waals surface area (Å²) < 4.78 is 18.0. The lowest BCUT2D eigenvalue weighted by Gasteiger charge is -2.03. The van der Waals surface area contributed by atoms with Crippen LogP contribution in [0.4, 0.5) is 9.52 Å². The highest BCUT2D eigenvalue weighted by Crippen LogP contribution is 2.21. The van der Waals surface area contributed by atoms with E-state index < -0.39 is 5.91 Å². The van der Waals surface area contributed by atoms with E-state index in [1.165, 1.54) is 42.1 Å². The number of nitrogens with one attached hydrogen (secondary N) is 2. The Labute approximate surface area is 146 Å². The van der Waals surface area contributed by atoms with Crippen molar-refractivity contribution in [2.24, 2.45) is 0 Å². The lowest BCUT2D eigenvalue weighted by Crippen LogP contribution is -2.32. The predicted octanol–water partition coefficient (Wildman–Crippen LogP) is 2.83. The van der Waals surface area contributed by atoms with Crippen molar-refractivity contribution >= 4 is 28.3 Å². The van der Waals surface area contributed by atoms with Crippen LogP contribution in [0.25, 0.3) is 0 Å². The van der Waals surface area contributed by atoms with Crippen LogP contribution in [-0.2, 0) is 11.2 Å². The van der Waals surface area contributed by atoms with Gasteiger partial charge in [-0.3, -0.25) is 9.59 Å². The SMILES string of the molecule is O=C(CNC(=O)c1ccoc1)Nc1ncc(Cc2cccc(F)c2)s1. The summed E-state index contributed by atoms with van der Waals surface area (Å²) in [7, 11) is 0. The van der Waals surface area contributed by atoms with Gasteiger partial charge in [-0.25, -0.2) is 9.37 Å². The Kier molecular flexibility index (Phi) is 5.20. The number of furan rings is 1. The van der Waals surface area contributed by atoms with Crippen LogP contribution in [-0.4, -0.2) is 23.3 Å². The maximum atomic E-state index is 13.2. The molecule has 0 saturated heterocycles. The van der Waals surface area contributed by atoms with E-state index in [-0.39, 0.29) is 18.3 Å². The van der Waals surface area contributed by atoms with Crippen LogP contribution in [0.2, 0.25) is 0 Å². The summed E-state index contributed by atoms with van der Waals surface area (Å²) >= 11 is 1.30. The molecule has 0 atom stereocenters. The number of rotatable bonds is 6. The molecule has 0 aliphatic rings. The smallest absolute Gasteiger partial charge is 0.254 e. The normalized spacial score (nSPS) is 10.4. The molecular formula is C17H14FN3O3S. The molecule has 1 aromatic carbocycles. The minimum Gasteiger partial charge on any atom is -0.472 e. The van der Waals surface area contributed by atoms with Gasteiger partial charge in [-0.15, -0.1) is 11.3 Å². The number of hydrogen-bond acceptors (Lipinski definition) is 5.